The van der Waals surface area contributed by atoms with Crippen LogP contribution in [0.5, 0.6) is 0 Å². The molecule has 0 spiro atoms. The van der Waals surface area contributed by atoms with Gasteiger partial charge in [0.1, 0.15) is 5.69 Å². The van der Waals surface area contributed by atoms with Gasteiger partial charge in [-0.15, -0.1) is 5.11 Å². The molecule has 0 atom stereocenters. The number of aromatic nitrogens is 5. The Morgan fingerprint density at radius 2 is 0.731 bits per heavy atom. The normalized spacial score (nSPS) is 12.2. The van der Waals surface area contributed by atoms with Gasteiger partial charge in [0.25, 0.3) is 0 Å². The second-order valence-corrected chi connectivity index (χ2v) is 17.3. The summed E-state index contributed by atoms with van der Waals surface area (Å²) in [5.74, 6) is -37.0. The summed E-state index contributed by atoms with van der Waals surface area (Å²) in [4.78, 5) is 18.3. The lowest BCUT2D eigenvalue weighted by Gasteiger charge is -2.13. The van der Waals surface area contributed by atoms with Crippen LogP contribution in [0.4, 0.5) is 77.2 Å². The second-order valence-electron chi connectivity index (χ2n) is 17.3. The third-order valence-corrected chi connectivity index (χ3v) is 12.8. The van der Waals surface area contributed by atoms with Crippen LogP contribution in [-0.2, 0) is 0 Å². The zero-order valence-electron chi connectivity index (χ0n) is 38.9. The zero-order valence-corrected chi connectivity index (χ0v) is 38.9. The number of H-pyrrole nitrogens is 2. The molecule has 0 amide bonds. The molecule has 0 fully saturated rings. The zero-order chi connectivity index (χ0) is 55.2. The Labute approximate surface area is 427 Å². The molecule has 0 radical (unpaired) electrons. The topological polar surface area (TPSA) is 95.0 Å². The summed E-state index contributed by atoms with van der Waals surface area (Å²) in [6, 6.07) is 18.8. The number of hydrogen-bond acceptors (Lipinski definition) is 5. The van der Waals surface area contributed by atoms with Gasteiger partial charge in [0, 0.05) is 50.5 Å². The highest BCUT2D eigenvalue weighted by atomic mass is 19.2. The highest BCUT2D eigenvalue weighted by molar-refractivity contribution is 6.02. The molecule has 388 valence electrons. The number of azo groups is 1. The maximum atomic E-state index is 16.2. The predicted molar refractivity (Wildman–Crippen MR) is 259 cm³/mol. The van der Waals surface area contributed by atoms with Crippen molar-refractivity contribution in [1.82, 2.24) is 24.9 Å². The number of nitrogens with zero attached hydrogens (tertiary/aromatic N) is 5. The molecular weight excluding hydrogens is 1060 g/mol. The molecule has 22 heteroatoms. The van der Waals surface area contributed by atoms with Crippen LogP contribution in [0.2, 0.25) is 0 Å². The minimum atomic E-state index is -2.62. The number of aryl methyl sites for hydroxylation is 1. The first-order valence-corrected chi connectivity index (χ1v) is 22.6. The first kappa shape index (κ1) is 50.6. The number of halogens is 15. The molecule has 0 aliphatic carbocycles. The summed E-state index contributed by atoms with van der Waals surface area (Å²) < 4.78 is 232. The van der Waals surface area contributed by atoms with Crippen LogP contribution >= 0.6 is 0 Å². The fourth-order valence-corrected chi connectivity index (χ4v) is 9.11. The first-order valence-electron chi connectivity index (χ1n) is 22.6. The van der Waals surface area contributed by atoms with Crippen LogP contribution < -0.4 is 0 Å². The third-order valence-electron chi connectivity index (χ3n) is 12.8. The summed E-state index contributed by atoms with van der Waals surface area (Å²) in [5.41, 5.74) is -9.60. The number of nitrogens with one attached hydrogen (secondary N) is 2. The number of pyridine rings is 1. The van der Waals surface area contributed by atoms with Crippen molar-refractivity contribution in [3.8, 4) is 55.6 Å². The van der Waals surface area contributed by atoms with Crippen LogP contribution in [0, 0.1) is 94.2 Å². The molecule has 9 aromatic rings. The van der Waals surface area contributed by atoms with Crippen molar-refractivity contribution in [2.24, 2.45) is 10.2 Å². The van der Waals surface area contributed by atoms with Crippen molar-refractivity contribution in [2.45, 2.75) is 6.92 Å². The Bertz CT molecular complexity index is 4220. The predicted octanol–water partition coefficient (Wildman–Crippen LogP) is 17.2. The summed E-state index contributed by atoms with van der Waals surface area (Å²) in [5, 5.41) is 8.67. The molecule has 78 heavy (non-hydrogen) atoms. The van der Waals surface area contributed by atoms with Gasteiger partial charge >= 0.3 is 0 Å². The number of benzene rings is 5. The van der Waals surface area contributed by atoms with E-state index in [0.717, 1.165) is 42.0 Å². The molecule has 7 nitrogen and oxygen atoms in total. The van der Waals surface area contributed by atoms with E-state index in [1.807, 2.05) is 0 Å². The van der Waals surface area contributed by atoms with Crippen LogP contribution in [0.1, 0.15) is 28.3 Å². The third kappa shape index (κ3) is 8.09. The van der Waals surface area contributed by atoms with Gasteiger partial charge in [0.15, 0.2) is 69.8 Å². The van der Waals surface area contributed by atoms with Crippen molar-refractivity contribution in [3.05, 3.63) is 207 Å². The maximum absolute atomic E-state index is 16.2. The highest BCUT2D eigenvalue weighted by Crippen LogP contribution is 2.45. The van der Waals surface area contributed by atoms with E-state index in [2.05, 4.69) is 35.1 Å². The van der Waals surface area contributed by atoms with Crippen molar-refractivity contribution in [1.29, 1.82) is 0 Å². The quantitative estimate of drug-likeness (QED) is 0.0720. The van der Waals surface area contributed by atoms with Gasteiger partial charge in [-0.25, -0.2) is 75.8 Å². The Morgan fingerprint density at radius 3 is 1.14 bits per heavy atom. The van der Waals surface area contributed by atoms with Gasteiger partial charge in [-0.05, 0) is 95.9 Å². The Balaban J connectivity index is 1.32. The lowest BCUT2D eigenvalue weighted by atomic mass is 9.93. The summed E-state index contributed by atoms with van der Waals surface area (Å²) in [6.07, 6.45) is 7.01. The number of aromatic amines is 2. The minimum Gasteiger partial charge on any atom is -0.354 e. The number of fused-ring (bicyclic) bond motifs is 8. The summed E-state index contributed by atoms with van der Waals surface area (Å²) >= 11 is 0. The molecule has 0 unspecified atom stereocenters. The molecule has 5 aromatic carbocycles. The summed E-state index contributed by atoms with van der Waals surface area (Å²) in [6.45, 7) is 1.79. The van der Waals surface area contributed by atoms with E-state index >= 15 is 52.7 Å². The van der Waals surface area contributed by atoms with Crippen LogP contribution in [0.25, 0.3) is 102 Å². The van der Waals surface area contributed by atoms with Gasteiger partial charge < -0.3 is 9.97 Å². The molecule has 8 bridgehead atoms. The van der Waals surface area contributed by atoms with Crippen LogP contribution in [0.15, 0.2) is 101 Å². The molecular formula is C56H24F15N7. The van der Waals surface area contributed by atoms with E-state index in [9.17, 15) is 13.2 Å². The van der Waals surface area contributed by atoms with Gasteiger partial charge in [-0.3, -0.25) is 4.98 Å². The molecule has 4 aromatic heterocycles. The van der Waals surface area contributed by atoms with E-state index in [1.165, 1.54) is 18.3 Å². The van der Waals surface area contributed by atoms with E-state index in [0.29, 0.717) is 22.5 Å². The van der Waals surface area contributed by atoms with E-state index in [1.54, 1.807) is 67.7 Å². The van der Waals surface area contributed by atoms with Gasteiger partial charge in [0.05, 0.1) is 51.4 Å². The Hall–Kier alpha value is -9.60. The fraction of sp³-hybridized carbons (Fsp3) is 0.0179. The molecule has 2 aliphatic rings. The summed E-state index contributed by atoms with van der Waals surface area (Å²) in [7, 11) is 0. The van der Waals surface area contributed by atoms with Crippen LogP contribution in [-0.4, -0.2) is 24.9 Å². The molecule has 11 rings (SSSR count). The number of rotatable bonds is 7. The van der Waals surface area contributed by atoms with E-state index < -0.39 is 154 Å². The molecule has 2 aliphatic heterocycles. The molecule has 0 saturated heterocycles. The average Bonchev–Trinajstić information content (AvgIpc) is 4.46. The van der Waals surface area contributed by atoms with E-state index in [-0.39, 0.29) is 22.3 Å². The Kier molecular flexibility index (Phi) is 12.4. The molecule has 0 saturated carbocycles. The molecule has 2 N–H and O–H groups in total. The van der Waals surface area contributed by atoms with Crippen molar-refractivity contribution in [2.75, 3.05) is 0 Å². The SMILES string of the molecule is Cc1ccncc1N=Nc1cccc(-c2ccccc2-c2c3nc(c(-c4c(F)c(F)c(F)c(F)c4F)c4ccc([nH]4)c(-c4c(F)c(F)c(F)c(F)c4F)c4nc(c(-c5c(F)c(F)c(F)c(F)c5F)c5ccc2[nH]5)C=C4)C=C3)c1. The van der Waals surface area contributed by atoms with Gasteiger partial charge in [0.2, 0.25) is 17.5 Å². The van der Waals surface area contributed by atoms with Crippen molar-refractivity contribution >= 4 is 57.7 Å². The highest BCUT2D eigenvalue weighted by Gasteiger charge is 2.34. The minimum absolute atomic E-state index is 0.00647. The van der Waals surface area contributed by atoms with Gasteiger partial charge in [-0.2, -0.15) is 5.11 Å². The molecule has 6 heterocycles. The van der Waals surface area contributed by atoms with E-state index in [4.69, 9.17) is 0 Å². The average molecular weight is 1080 g/mol. The standard InChI is InChI=1S/C56H24F15N7/c1-21-17-18-72-20-34(21)78-77-23-6-4-5-22(19-23)24-7-2-3-8-25(24)35-26-9-11-28(73-26)36(39-42(57)48(63)54(69)49(64)43(39)58)30-13-15-32(75-30)38(41-46(61)52(67)56(71)53(68)47(41)62)33-16-14-31(76-33)37(29-12-10-27(35)74-29)40-44(59)50(65)55(70)51(66)45(40)60/h2-20,73,76H,1H3. The second kappa shape index (κ2) is 19.2. The maximum Gasteiger partial charge on any atom is 0.200 e. The van der Waals surface area contributed by atoms with Crippen LogP contribution in [0.3, 0.4) is 0 Å². The Morgan fingerprint density at radius 1 is 0.359 bits per heavy atom. The lowest BCUT2D eigenvalue weighted by molar-refractivity contribution is 0.381. The van der Waals surface area contributed by atoms with Crippen molar-refractivity contribution in [3.63, 3.8) is 0 Å². The fourth-order valence-electron chi connectivity index (χ4n) is 9.11. The number of hydrogen-bond donors (Lipinski definition) is 2. The van der Waals surface area contributed by atoms with Gasteiger partial charge in [-0.1, -0.05) is 36.4 Å². The largest absolute Gasteiger partial charge is 0.354 e. The first-order chi connectivity index (χ1) is 37.4. The van der Waals surface area contributed by atoms with Crippen molar-refractivity contribution < 1.29 is 65.9 Å². The lowest BCUT2D eigenvalue weighted by Crippen LogP contribution is -2.06. The smallest absolute Gasteiger partial charge is 0.200 e. The monoisotopic (exact) mass is 1080 g/mol.